The van der Waals surface area contributed by atoms with E-state index in [0.717, 1.165) is 5.56 Å². The molecule has 0 saturated heterocycles. The third-order valence-corrected chi connectivity index (χ3v) is 4.41. The summed E-state index contributed by atoms with van der Waals surface area (Å²) in [5.74, 6) is -0.325. The van der Waals surface area contributed by atoms with Crippen LogP contribution in [0.1, 0.15) is 43.0 Å². The summed E-state index contributed by atoms with van der Waals surface area (Å²) in [6.07, 6.45) is 1.22. The maximum atomic E-state index is 14.0. The number of hydrogen-bond donors (Lipinski definition) is 2. The minimum Gasteiger partial charge on any atom is -0.396 e. The Morgan fingerprint density at radius 3 is 2.44 bits per heavy atom. The molecule has 0 saturated carbocycles. The number of hydrogen-bond acceptors (Lipinski definition) is 2. The van der Waals surface area contributed by atoms with E-state index < -0.39 is 6.04 Å². The van der Waals surface area contributed by atoms with Gasteiger partial charge in [-0.05, 0) is 31.4 Å². The molecule has 0 spiro atoms. The summed E-state index contributed by atoms with van der Waals surface area (Å²) >= 11 is 0. The molecule has 2 amide bonds. The summed E-state index contributed by atoms with van der Waals surface area (Å²) < 4.78 is 14.0. The monoisotopic (exact) mass is 344 g/mol. The summed E-state index contributed by atoms with van der Waals surface area (Å²) in [4.78, 5) is 14.1. The summed E-state index contributed by atoms with van der Waals surface area (Å²) in [6.45, 7) is 1.86. The average Bonchev–Trinajstić information content (AvgIpc) is 2.64. The van der Waals surface area contributed by atoms with Gasteiger partial charge in [-0.3, -0.25) is 0 Å². The van der Waals surface area contributed by atoms with E-state index in [-0.39, 0.29) is 24.5 Å². The van der Waals surface area contributed by atoms with Gasteiger partial charge in [0.25, 0.3) is 0 Å². The van der Waals surface area contributed by atoms with Gasteiger partial charge in [0.1, 0.15) is 5.82 Å². The maximum absolute atomic E-state index is 14.0. The van der Waals surface area contributed by atoms with Crippen molar-refractivity contribution in [1.82, 2.24) is 10.2 Å². The molecule has 0 aliphatic rings. The summed E-state index contributed by atoms with van der Waals surface area (Å²) in [7, 11) is 1.65. The highest BCUT2D eigenvalue weighted by Gasteiger charge is 2.22. The van der Waals surface area contributed by atoms with Crippen molar-refractivity contribution < 1.29 is 14.3 Å². The van der Waals surface area contributed by atoms with Crippen molar-refractivity contribution in [2.75, 3.05) is 13.7 Å². The molecule has 2 aromatic rings. The van der Waals surface area contributed by atoms with Crippen molar-refractivity contribution >= 4 is 6.03 Å². The first kappa shape index (κ1) is 18.9. The molecule has 25 heavy (non-hydrogen) atoms. The van der Waals surface area contributed by atoms with Gasteiger partial charge in [0.2, 0.25) is 0 Å². The number of nitrogens with zero attached hydrogens (tertiary/aromatic N) is 1. The van der Waals surface area contributed by atoms with Crippen LogP contribution < -0.4 is 5.32 Å². The van der Waals surface area contributed by atoms with Crippen LogP contribution in [0.3, 0.4) is 0 Å². The molecule has 4 nitrogen and oxygen atoms in total. The fraction of sp³-hybridized carbons (Fsp3) is 0.350. The lowest BCUT2D eigenvalue weighted by Gasteiger charge is -2.28. The number of amides is 2. The van der Waals surface area contributed by atoms with Gasteiger partial charge >= 0.3 is 6.03 Å². The molecule has 2 unspecified atom stereocenters. The number of halogens is 1. The predicted molar refractivity (Wildman–Crippen MR) is 96.6 cm³/mol. The normalized spacial score (nSPS) is 13.1. The number of rotatable bonds is 7. The highest BCUT2D eigenvalue weighted by molar-refractivity contribution is 5.75. The Kier molecular flexibility index (Phi) is 6.95. The zero-order valence-corrected chi connectivity index (χ0v) is 14.7. The second-order valence-corrected chi connectivity index (χ2v) is 6.09. The van der Waals surface area contributed by atoms with Crippen molar-refractivity contribution in [2.24, 2.45) is 0 Å². The number of urea groups is 1. The molecular weight excluding hydrogens is 319 g/mol. The van der Waals surface area contributed by atoms with Crippen molar-refractivity contribution in [1.29, 1.82) is 0 Å². The van der Waals surface area contributed by atoms with Gasteiger partial charge in [-0.15, -0.1) is 0 Å². The topological polar surface area (TPSA) is 52.6 Å². The number of carbonyl (C=O) groups is 1. The van der Waals surface area contributed by atoms with Crippen molar-refractivity contribution in [3.63, 3.8) is 0 Å². The first-order valence-corrected chi connectivity index (χ1v) is 8.48. The maximum Gasteiger partial charge on any atom is 0.318 e. The standard InChI is InChI=1S/C20H25FN2O2/c1-15(17-11-6-7-12-18(17)21)23(2)20(25)22-19(13-8-14-24)16-9-4-3-5-10-16/h3-7,9-12,15,19,24H,8,13-14H2,1-2H3,(H,22,25). The molecule has 2 rings (SSSR count). The highest BCUT2D eigenvalue weighted by atomic mass is 19.1. The van der Waals surface area contributed by atoms with Crippen LogP contribution in [0, 0.1) is 5.82 Å². The Morgan fingerprint density at radius 2 is 1.80 bits per heavy atom. The van der Waals surface area contributed by atoms with Gasteiger partial charge in [-0.25, -0.2) is 9.18 Å². The minimum atomic E-state index is -0.393. The minimum absolute atomic E-state index is 0.0701. The molecule has 2 atom stereocenters. The lowest BCUT2D eigenvalue weighted by molar-refractivity contribution is 0.187. The Balaban J connectivity index is 2.10. The van der Waals surface area contributed by atoms with E-state index in [1.54, 1.807) is 32.2 Å². The molecule has 0 fully saturated rings. The van der Waals surface area contributed by atoms with E-state index >= 15 is 0 Å². The number of nitrogens with one attached hydrogen (secondary N) is 1. The zero-order chi connectivity index (χ0) is 18.2. The van der Waals surface area contributed by atoms with E-state index in [9.17, 15) is 9.18 Å². The number of aliphatic hydroxyl groups excluding tert-OH is 1. The smallest absolute Gasteiger partial charge is 0.318 e. The number of aliphatic hydroxyl groups is 1. The fourth-order valence-electron chi connectivity index (χ4n) is 2.75. The zero-order valence-electron chi connectivity index (χ0n) is 14.7. The molecule has 0 aliphatic carbocycles. The Labute approximate surface area is 148 Å². The lowest BCUT2D eigenvalue weighted by Crippen LogP contribution is -2.41. The molecule has 134 valence electrons. The SMILES string of the molecule is CC(c1ccccc1F)N(C)C(=O)NC(CCCO)c1ccccc1. The molecule has 0 bridgehead atoms. The highest BCUT2D eigenvalue weighted by Crippen LogP contribution is 2.23. The molecular formula is C20H25FN2O2. The average molecular weight is 344 g/mol. The first-order valence-electron chi connectivity index (χ1n) is 8.48. The van der Waals surface area contributed by atoms with Crippen LogP contribution in [-0.2, 0) is 0 Å². The van der Waals surface area contributed by atoms with Gasteiger partial charge in [-0.1, -0.05) is 48.5 Å². The largest absolute Gasteiger partial charge is 0.396 e. The Hall–Kier alpha value is -2.40. The van der Waals surface area contributed by atoms with E-state index in [1.807, 2.05) is 30.3 Å². The van der Waals surface area contributed by atoms with Gasteiger partial charge in [0, 0.05) is 19.2 Å². The van der Waals surface area contributed by atoms with Crippen molar-refractivity contribution in [3.05, 3.63) is 71.5 Å². The molecule has 0 aromatic heterocycles. The Bertz CT molecular complexity index is 678. The van der Waals surface area contributed by atoms with Gasteiger partial charge in [0.15, 0.2) is 0 Å². The van der Waals surface area contributed by atoms with Crippen molar-refractivity contribution in [2.45, 2.75) is 31.8 Å². The van der Waals surface area contributed by atoms with E-state index in [1.165, 1.54) is 11.0 Å². The van der Waals surface area contributed by atoms with Gasteiger partial charge < -0.3 is 15.3 Å². The summed E-state index contributed by atoms with van der Waals surface area (Å²) in [5, 5.41) is 12.1. The van der Waals surface area contributed by atoms with Crippen LogP contribution in [0.25, 0.3) is 0 Å². The molecule has 0 radical (unpaired) electrons. The summed E-state index contributed by atoms with van der Waals surface area (Å²) in [5.41, 5.74) is 1.46. The third-order valence-electron chi connectivity index (χ3n) is 4.41. The van der Waals surface area contributed by atoms with Crippen LogP contribution in [0.5, 0.6) is 0 Å². The third kappa shape index (κ3) is 5.03. The summed E-state index contributed by atoms with van der Waals surface area (Å²) in [6, 6.07) is 15.2. The first-order chi connectivity index (χ1) is 12.0. The van der Waals surface area contributed by atoms with Crippen LogP contribution in [0.2, 0.25) is 0 Å². The van der Waals surface area contributed by atoms with Crippen LogP contribution in [-0.4, -0.2) is 29.7 Å². The van der Waals surface area contributed by atoms with Crippen LogP contribution in [0.15, 0.2) is 54.6 Å². The second kappa shape index (κ2) is 9.18. The molecule has 2 N–H and O–H groups in total. The quantitative estimate of drug-likeness (QED) is 0.796. The van der Waals surface area contributed by atoms with Crippen LogP contribution in [0.4, 0.5) is 9.18 Å². The molecule has 0 aliphatic heterocycles. The van der Waals surface area contributed by atoms with E-state index in [2.05, 4.69) is 5.32 Å². The van der Waals surface area contributed by atoms with E-state index in [0.29, 0.717) is 18.4 Å². The number of benzene rings is 2. The van der Waals surface area contributed by atoms with Crippen molar-refractivity contribution in [3.8, 4) is 0 Å². The Morgan fingerprint density at radius 1 is 1.16 bits per heavy atom. The fourth-order valence-corrected chi connectivity index (χ4v) is 2.75. The second-order valence-electron chi connectivity index (χ2n) is 6.09. The molecule has 5 heteroatoms. The van der Waals surface area contributed by atoms with Gasteiger partial charge in [-0.2, -0.15) is 0 Å². The lowest BCUT2D eigenvalue weighted by atomic mass is 10.0. The van der Waals surface area contributed by atoms with Gasteiger partial charge in [0.05, 0.1) is 12.1 Å². The molecule has 2 aromatic carbocycles. The number of carbonyl (C=O) groups excluding carboxylic acids is 1. The molecule has 0 heterocycles. The predicted octanol–water partition coefficient (Wildman–Crippen LogP) is 4.04. The van der Waals surface area contributed by atoms with Crippen LogP contribution >= 0.6 is 0 Å². The van der Waals surface area contributed by atoms with E-state index in [4.69, 9.17) is 5.11 Å².